The van der Waals surface area contributed by atoms with Crippen LogP contribution in [0.1, 0.15) is 45.3 Å². The summed E-state index contributed by atoms with van der Waals surface area (Å²) < 4.78 is 11.4. The molecule has 30 heavy (non-hydrogen) atoms. The van der Waals surface area contributed by atoms with Crippen molar-refractivity contribution in [1.29, 1.82) is 0 Å². The molecule has 1 N–H and O–H groups in total. The van der Waals surface area contributed by atoms with E-state index in [2.05, 4.69) is 22.1 Å². The lowest BCUT2D eigenvalue weighted by Gasteiger charge is -2.10. The lowest BCUT2D eigenvalue weighted by molar-refractivity contribution is -0.113. The molecule has 1 amide bonds. The van der Waals surface area contributed by atoms with E-state index in [1.54, 1.807) is 6.08 Å². The third-order valence-electron chi connectivity index (χ3n) is 4.39. The maximum atomic E-state index is 12.5. The third-order valence-corrected chi connectivity index (χ3v) is 5.36. The maximum absolute atomic E-state index is 12.5. The number of carbonyl (C=O) groups is 3. The van der Waals surface area contributed by atoms with Gasteiger partial charge in [-0.2, -0.15) is 0 Å². The first-order valence-corrected chi connectivity index (χ1v) is 10.2. The number of hydrogen-bond donors (Lipinski definition) is 1. The van der Waals surface area contributed by atoms with Crippen molar-refractivity contribution >= 4 is 35.3 Å². The number of methoxy groups -OCH3 is 2. The topological polar surface area (TPSA) is 112 Å². The van der Waals surface area contributed by atoms with Crippen molar-refractivity contribution < 1.29 is 23.9 Å². The first-order valence-electron chi connectivity index (χ1n) is 9.25. The van der Waals surface area contributed by atoms with Gasteiger partial charge in [0.15, 0.2) is 5.16 Å². The fourth-order valence-corrected chi connectivity index (χ4v) is 3.60. The van der Waals surface area contributed by atoms with Gasteiger partial charge in [-0.15, -0.1) is 16.8 Å². The molecule has 2 aromatic rings. The highest BCUT2D eigenvalue weighted by molar-refractivity contribution is 7.99. The van der Waals surface area contributed by atoms with Gasteiger partial charge < -0.3 is 19.4 Å². The molecule has 0 aliphatic heterocycles. The van der Waals surface area contributed by atoms with Gasteiger partial charge in [-0.25, -0.2) is 9.59 Å². The second-order valence-electron chi connectivity index (χ2n) is 6.63. The number of benzene rings is 1. The summed E-state index contributed by atoms with van der Waals surface area (Å²) in [5.74, 6) is -0.147. The Bertz CT molecular complexity index is 949. The van der Waals surface area contributed by atoms with Crippen molar-refractivity contribution in [2.75, 3.05) is 25.3 Å². The van der Waals surface area contributed by atoms with Crippen LogP contribution in [0.15, 0.2) is 36.0 Å². The number of esters is 2. The van der Waals surface area contributed by atoms with E-state index in [0.717, 1.165) is 18.7 Å². The van der Waals surface area contributed by atoms with Crippen molar-refractivity contribution in [3.05, 3.63) is 47.8 Å². The van der Waals surface area contributed by atoms with E-state index >= 15 is 0 Å². The van der Waals surface area contributed by atoms with Crippen LogP contribution in [0.3, 0.4) is 0 Å². The van der Waals surface area contributed by atoms with Gasteiger partial charge in [0.2, 0.25) is 5.91 Å². The molecular formula is C20H22N4O5S. The second-order valence-corrected chi connectivity index (χ2v) is 7.58. The zero-order valence-electron chi connectivity index (χ0n) is 16.7. The molecule has 1 heterocycles. The molecule has 1 aliphatic carbocycles. The van der Waals surface area contributed by atoms with Gasteiger partial charge in [0.05, 0.1) is 31.1 Å². The van der Waals surface area contributed by atoms with Gasteiger partial charge in [-0.3, -0.25) is 4.79 Å². The number of carbonyl (C=O) groups excluding carboxylic acids is 3. The van der Waals surface area contributed by atoms with Gasteiger partial charge in [0.1, 0.15) is 5.82 Å². The largest absolute Gasteiger partial charge is 0.465 e. The lowest BCUT2D eigenvalue weighted by atomic mass is 10.1. The summed E-state index contributed by atoms with van der Waals surface area (Å²) in [6.45, 7) is 4.34. The number of anilines is 1. The van der Waals surface area contributed by atoms with Crippen LogP contribution in [0, 0.1) is 0 Å². The first kappa shape index (κ1) is 21.6. The Morgan fingerprint density at radius 3 is 2.33 bits per heavy atom. The molecule has 0 saturated heterocycles. The molecule has 0 unspecified atom stereocenters. The van der Waals surface area contributed by atoms with Crippen LogP contribution >= 0.6 is 11.8 Å². The van der Waals surface area contributed by atoms with E-state index in [9.17, 15) is 14.4 Å². The molecule has 1 aromatic heterocycles. The number of nitrogens with one attached hydrogen (secondary N) is 1. The molecule has 0 spiro atoms. The van der Waals surface area contributed by atoms with Gasteiger partial charge in [-0.1, -0.05) is 17.8 Å². The molecule has 1 aromatic carbocycles. The van der Waals surface area contributed by atoms with Crippen LogP contribution in [0.2, 0.25) is 0 Å². The fraction of sp³-hybridized carbons (Fsp3) is 0.350. The van der Waals surface area contributed by atoms with E-state index in [1.807, 2.05) is 4.57 Å². The molecule has 3 rings (SSSR count). The van der Waals surface area contributed by atoms with Gasteiger partial charge in [0, 0.05) is 18.2 Å². The SMILES string of the molecule is C=CCn1c(SCC(=O)Nc2cc(C(=O)OC)cc(C(=O)OC)c2)nnc1C1CC1. The summed E-state index contributed by atoms with van der Waals surface area (Å²) in [5.41, 5.74) is 0.543. The lowest BCUT2D eigenvalue weighted by Crippen LogP contribution is -2.16. The minimum atomic E-state index is -0.629. The summed E-state index contributed by atoms with van der Waals surface area (Å²) in [7, 11) is 2.47. The zero-order chi connectivity index (χ0) is 21.7. The zero-order valence-corrected chi connectivity index (χ0v) is 17.5. The predicted octanol–water partition coefficient (Wildman–Crippen LogP) is 2.65. The third kappa shape index (κ3) is 5.07. The van der Waals surface area contributed by atoms with Crippen LogP contribution in [0.25, 0.3) is 0 Å². The summed E-state index contributed by atoms with van der Waals surface area (Å²) in [5, 5.41) is 11.8. The van der Waals surface area contributed by atoms with E-state index in [-0.39, 0.29) is 28.5 Å². The van der Waals surface area contributed by atoms with Crippen LogP contribution < -0.4 is 5.32 Å². The molecule has 1 saturated carbocycles. The Labute approximate surface area is 177 Å². The fourth-order valence-electron chi connectivity index (χ4n) is 2.85. The summed E-state index contributed by atoms with van der Waals surface area (Å²) >= 11 is 1.26. The molecule has 0 bridgehead atoms. The molecule has 0 radical (unpaired) electrons. The first-order chi connectivity index (χ1) is 14.5. The van der Waals surface area contributed by atoms with Crippen LogP contribution in [0.5, 0.6) is 0 Å². The summed E-state index contributed by atoms with van der Waals surface area (Å²) in [6.07, 6.45) is 3.96. The second kappa shape index (κ2) is 9.57. The van der Waals surface area contributed by atoms with E-state index in [4.69, 9.17) is 9.47 Å². The molecule has 158 valence electrons. The number of amides is 1. The predicted molar refractivity (Wildman–Crippen MR) is 111 cm³/mol. The highest BCUT2D eigenvalue weighted by Gasteiger charge is 2.30. The molecular weight excluding hydrogens is 408 g/mol. The minimum Gasteiger partial charge on any atom is -0.465 e. The average molecular weight is 430 g/mol. The Morgan fingerprint density at radius 2 is 1.80 bits per heavy atom. The summed E-state index contributed by atoms with van der Waals surface area (Å²) in [6, 6.07) is 4.22. The van der Waals surface area contributed by atoms with Gasteiger partial charge in [0.25, 0.3) is 0 Å². The number of hydrogen-bond acceptors (Lipinski definition) is 8. The Balaban J connectivity index is 1.71. The van der Waals surface area contributed by atoms with Gasteiger partial charge in [-0.05, 0) is 31.0 Å². The Morgan fingerprint density at radius 1 is 1.17 bits per heavy atom. The number of nitrogens with zero attached hydrogens (tertiary/aromatic N) is 3. The summed E-state index contributed by atoms with van der Waals surface area (Å²) in [4.78, 5) is 36.2. The number of thioether (sulfide) groups is 1. The van der Waals surface area contributed by atoms with Crippen molar-refractivity contribution in [3.8, 4) is 0 Å². The van der Waals surface area contributed by atoms with Crippen LogP contribution in [-0.4, -0.2) is 52.6 Å². The highest BCUT2D eigenvalue weighted by Crippen LogP contribution is 2.40. The van der Waals surface area contributed by atoms with E-state index < -0.39 is 11.9 Å². The number of allylic oxidation sites excluding steroid dienone is 1. The monoisotopic (exact) mass is 430 g/mol. The Kier molecular flexibility index (Phi) is 6.88. The van der Waals surface area contributed by atoms with Crippen LogP contribution in [0.4, 0.5) is 5.69 Å². The van der Waals surface area contributed by atoms with Crippen LogP contribution in [-0.2, 0) is 20.8 Å². The van der Waals surface area contributed by atoms with Crippen molar-refractivity contribution in [1.82, 2.24) is 14.8 Å². The van der Waals surface area contributed by atoms with E-state index in [1.165, 1.54) is 44.2 Å². The van der Waals surface area contributed by atoms with Crippen molar-refractivity contribution in [2.24, 2.45) is 0 Å². The molecule has 1 fully saturated rings. The van der Waals surface area contributed by atoms with Gasteiger partial charge >= 0.3 is 11.9 Å². The average Bonchev–Trinajstić information content (AvgIpc) is 3.52. The molecule has 1 aliphatic rings. The molecule has 9 nitrogen and oxygen atoms in total. The quantitative estimate of drug-likeness (QED) is 0.367. The normalized spacial score (nSPS) is 12.9. The minimum absolute atomic E-state index is 0.0793. The number of rotatable bonds is 9. The molecule has 0 atom stereocenters. The standard InChI is InChI=1S/C20H22N4O5S/c1-4-7-24-17(12-5-6-12)22-23-20(24)30-11-16(25)21-15-9-13(18(26)28-2)8-14(10-15)19(27)29-3/h4,8-10,12H,1,5-7,11H2,2-3H3,(H,21,25). The maximum Gasteiger partial charge on any atom is 0.337 e. The Hall–Kier alpha value is -3.14. The number of ether oxygens (including phenoxy) is 2. The van der Waals surface area contributed by atoms with E-state index in [0.29, 0.717) is 17.6 Å². The van der Waals surface area contributed by atoms with Crippen molar-refractivity contribution in [2.45, 2.75) is 30.5 Å². The highest BCUT2D eigenvalue weighted by atomic mass is 32.2. The molecule has 10 heteroatoms. The smallest absolute Gasteiger partial charge is 0.337 e. The number of aromatic nitrogens is 3. The van der Waals surface area contributed by atoms with Crippen molar-refractivity contribution in [3.63, 3.8) is 0 Å².